The van der Waals surface area contributed by atoms with Gasteiger partial charge in [0.2, 0.25) is 0 Å². The molecule has 0 radical (unpaired) electrons. The molecule has 194 valence electrons. The molecule has 8 heteroatoms. The highest BCUT2D eigenvalue weighted by atomic mass is 19.1. The van der Waals surface area contributed by atoms with E-state index in [2.05, 4.69) is 11.8 Å². The lowest BCUT2D eigenvalue weighted by atomic mass is 10.1. The fourth-order valence-corrected chi connectivity index (χ4v) is 4.37. The van der Waals surface area contributed by atoms with Crippen molar-refractivity contribution in [3.8, 4) is 0 Å². The van der Waals surface area contributed by atoms with E-state index in [-0.39, 0.29) is 0 Å². The van der Waals surface area contributed by atoms with E-state index in [4.69, 9.17) is 16.6 Å². The molecule has 35 heavy (non-hydrogen) atoms. The third-order valence-electron chi connectivity index (χ3n) is 6.25. The minimum absolute atomic E-state index is 0.409. The Morgan fingerprint density at radius 2 is 2.06 bits per heavy atom. The molecule has 1 unspecified atom stereocenters. The molecule has 7 nitrogen and oxygen atoms in total. The Labute approximate surface area is 210 Å². The van der Waals surface area contributed by atoms with Gasteiger partial charge < -0.3 is 20.5 Å². The van der Waals surface area contributed by atoms with Gasteiger partial charge in [-0.3, -0.25) is 4.79 Å². The van der Waals surface area contributed by atoms with Crippen LogP contribution in [-0.2, 0) is 11.2 Å². The number of unbranched alkanes of at least 4 members (excludes halogenated alkanes) is 2. The summed E-state index contributed by atoms with van der Waals surface area (Å²) in [5.74, 6) is 6.18. The van der Waals surface area contributed by atoms with Crippen LogP contribution in [0.4, 0.5) is 10.1 Å². The Morgan fingerprint density at radius 3 is 2.69 bits per heavy atom. The van der Waals surface area contributed by atoms with Crippen molar-refractivity contribution in [2.45, 2.75) is 65.0 Å². The number of nitrogens with zero attached hydrogens (tertiary/aromatic N) is 4. The summed E-state index contributed by atoms with van der Waals surface area (Å²) < 4.78 is 14.0. The van der Waals surface area contributed by atoms with Gasteiger partial charge in [-0.05, 0) is 55.9 Å². The third-order valence-corrected chi connectivity index (χ3v) is 6.25. The highest BCUT2D eigenvalue weighted by Crippen LogP contribution is 2.27. The molecule has 1 aliphatic heterocycles. The number of pyridine rings is 1. The van der Waals surface area contributed by atoms with Gasteiger partial charge in [0, 0.05) is 33.4 Å². The highest BCUT2D eigenvalue weighted by Gasteiger charge is 2.22. The summed E-state index contributed by atoms with van der Waals surface area (Å²) in [4.78, 5) is 19.8. The number of nitrogens with two attached hydrogens (primary N) is 2. The van der Waals surface area contributed by atoms with E-state index in [1.54, 1.807) is 7.05 Å². The molecular weight excluding hydrogens is 443 g/mol. The van der Waals surface area contributed by atoms with Crippen molar-refractivity contribution in [1.82, 2.24) is 14.9 Å². The van der Waals surface area contributed by atoms with Gasteiger partial charge in [-0.15, -0.1) is 0 Å². The number of carbonyl (C=O) groups is 1. The van der Waals surface area contributed by atoms with Gasteiger partial charge in [0.25, 0.3) is 0 Å². The summed E-state index contributed by atoms with van der Waals surface area (Å²) >= 11 is 0. The van der Waals surface area contributed by atoms with Gasteiger partial charge in [0.05, 0.1) is 35.0 Å². The van der Waals surface area contributed by atoms with Crippen molar-refractivity contribution in [2.75, 3.05) is 38.6 Å². The number of hydrogen-bond acceptors (Lipinski definition) is 7. The molecule has 0 saturated carbocycles. The molecular formula is C27H43FN6O. The normalized spacial score (nSPS) is 17.5. The number of hydrogen-bond donors (Lipinski definition) is 2. The molecule has 0 amide bonds. The number of likely N-dealkylation sites (N-methyl/N-ethyl adjacent to an activating group) is 2. The van der Waals surface area contributed by atoms with Crippen LogP contribution in [0.5, 0.6) is 0 Å². The van der Waals surface area contributed by atoms with Crippen LogP contribution in [0.15, 0.2) is 41.8 Å². The van der Waals surface area contributed by atoms with Crippen molar-refractivity contribution < 1.29 is 9.18 Å². The van der Waals surface area contributed by atoms with Crippen LogP contribution in [0.1, 0.15) is 63.8 Å². The summed E-state index contributed by atoms with van der Waals surface area (Å²) in [6, 6.07) is 3.90. The van der Waals surface area contributed by atoms with E-state index in [0.29, 0.717) is 30.9 Å². The topological polar surface area (TPSA) is 91.7 Å². The molecule has 0 aromatic carbocycles. The molecule has 1 aliphatic rings. The lowest BCUT2D eigenvalue weighted by Gasteiger charge is -2.32. The standard InChI is InChI=1S/C27H43FN6O/c1-5-7-8-11-21(12-10-17-35)18-32(3)20-26(33(4)30)27(29)24-14-15-25(23(6-2)31-24)34-16-9-13-22(28)19-34/h10,12,14-15,17-18,22H,5-9,11,13,16,19-20,29-30H2,1-4H3/b12-10-,21-18-,27-26-. The number of allylic oxidation sites excluding steroid dienone is 3. The van der Waals surface area contributed by atoms with Gasteiger partial charge in [-0.1, -0.05) is 32.8 Å². The second-order valence-electron chi connectivity index (χ2n) is 9.24. The van der Waals surface area contributed by atoms with E-state index in [1.807, 2.05) is 43.3 Å². The summed E-state index contributed by atoms with van der Waals surface area (Å²) in [7, 11) is 3.72. The van der Waals surface area contributed by atoms with E-state index in [1.165, 1.54) is 11.1 Å². The van der Waals surface area contributed by atoms with Crippen LogP contribution in [0.2, 0.25) is 0 Å². The number of anilines is 1. The van der Waals surface area contributed by atoms with E-state index >= 15 is 0 Å². The Morgan fingerprint density at radius 1 is 1.29 bits per heavy atom. The second kappa shape index (κ2) is 14.5. The van der Waals surface area contributed by atoms with Crippen molar-refractivity contribution in [1.29, 1.82) is 0 Å². The number of piperidine rings is 1. The third kappa shape index (κ3) is 8.69. The van der Waals surface area contributed by atoms with Crippen LogP contribution in [-0.4, -0.2) is 61.1 Å². The number of aromatic nitrogens is 1. The van der Waals surface area contributed by atoms with Crippen LogP contribution in [0, 0.1) is 0 Å². The number of aldehydes is 1. The molecule has 4 N–H and O–H groups in total. The Bertz CT molecular complexity index is 911. The first kappa shape index (κ1) is 28.4. The van der Waals surface area contributed by atoms with Crippen molar-refractivity contribution >= 4 is 17.7 Å². The number of aryl methyl sites for hydroxylation is 1. The molecule has 0 aliphatic carbocycles. The molecule has 1 saturated heterocycles. The number of halogens is 1. The lowest BCUT2D eigenvalue weighted by molar-refractivity contribution is -0.104. The Balaban J connectivity index is 2.30. The number of carbonyl (C=O) groups excluding carboxylic acids is 1. The Hall–Kier alpha value is -2.87. The summed E-state index contributed by atoms with van der Waals surface area (Å²) in [5.41, 5.74) is 11.5. The van der Waals surface area contributed by atoms with E-state index in [0.717, 1.165) is 74.0 Å². The first-order valence-corrected chi connectivity index (χ1v) is 12.7. The average Bonchev–Trinajstić information content (AvgIpc) is 2.84. The van der Waals surface area contributed by atoms with Gasteiger partial charge in [-0.2, -0.15) is 0 Å². The molecule has 1 fully saturated rings. The maximum atomic E-state index is 14.0. The van der Waals surface area contributed by atoms with Crippen LogP contribution >= 0.6 is 0 Å². The van der Waals surface area contributed by atoms with Crippen molar-refractivity contribution in [3.63, 3.8) is 0 Å². The fourth-order valence-electron chi connectivity index (χ4n) is 4.37. The maximum absolute atomic E-state index is 14.0. The zero-order valence-corrected chi connectivity index (χ0v) is 21.8. The van der Waals surface area contributed by atoms with Crippen LogP contribution in [0.25, 0.3) is 5.70 Å². The predicted molar refractivity (Wildman–Crippen MR) is 143 cm³/mol. The zero-order chi connectivity index (χ0) is 25.8. The number of alkyl halides is 1. The Kier molecular flexibility index (Phi) is 11.8. The number of hydrazine groups is 1. The van der Waals surface area contributed by atoms with Gasteiger partial charge in [-0.25, -0.2) is 15.2 Å². The summed E-state index contributed by atoms with van der Waals surface area (Å²) in [5, 5.41) is 1.53. The van der Waals surface area contributed by atoms with Crippen molar-refractivity contribution in [3.05, 3.63) is 53.1 Å². The average molecular weight is 487 g/mol. The monoisotopic (exact) mass is 486 g/mol. The molecule has 1 atom stereocenters. The smallest absolute Gasteiger partial charge is 0.142 e. The SMILES string of the molecule is CCCCCC(/C=C\C=O)=C/N(C)C/C(=C(/N)c1ccc(N2CCCC(F)C2)c(CC)n1)N(C)N. The molecule has 1 aromatic rings. The van der Waals surface area contributed by atoms with E-state index in [9.17, 15) is 9.18 Å². The zero-order valence-electron chi connectivity index (χ0n) is 21.8. The molecule has 2 heterocycles. The molecule has 1 aromatic heterocycles. The molecule has 0 bridgehead atoms. The second-order valence-corrected chi connectivity index (χ2v) is 9.24. The van der Waals surface area contributed by atoms with Gasteiger partial charge >= 0.3 is 0 Å². The predicted octanol–water partition coefficient (Wildman–Crippen LogP) is 4.17. The summed E-state index contributed by atoms with van der Waals surface area (Å²) in [6.07, 6.45) is 11.9. The lowest BCUT2D eigenvalue weighted by Crippen LogP contribution is -2.37. The first-order valence-electron chi connectivity index (χ1n) is 12.7. The summed E-state index contributed by atoms with van der Waals surface area (Å²) in [6.45, 7) is 5.95. The maximum Gasteiger partial charge on any atom is 0.142 e. The van der Waals surface area contributed by atoms with E-state index < -0.39 is 6.17 Å². The minimum atomic E-state index is -0.799. The minimum Gasteiger partial charge on any atom is -0.395 e. The van der Waals surface area contributed by atoms with Gasteiger partial charge in [0.15, 0.2) is 0 Å². The van der Waals surface area contributed by atoms with Crippen molar-refractivity contribution in [2.24, 2.45) is 11.6 Å². The fraction of sp³-hybridized carbons (Fsp3) is 0.556. The molecule has 0 spiro atoms. The quantitative estimate of drug-likeness (QED) is 0.108. The largest absolute Gasteiger partial charge is 0.395 e. The first-order chi connectivity index (χ1) is 16.8. The molecule has 2 rings (SSSR count). The highest BCUT2D eigenvalue weighted by molar-refractivity contribution is 5.66. The van der Waals surface area contributed by atoms with Gasteiger partial charge in [0.1, 0.15) is 12.5 Å². The van der Waals surface area contributed by atoms with Crippen LogP contribution in [0.3, 0.4) is 0 Å². The van der Waals surface area contributed by atoms with Crippen LogP contribution < -0.4 is 16.5 Å². The number of rotatable bonds is 13.